The zero-order valence-corrected chi connectivity index (χ0v) is 14.9. The van der Waals surface area contributed by atoms with Crippen LogP contribution in [0.4, 0.5) is 11.4 Å². The maximum Gasteiger partial charge on any atom is 0.335 e. The Hall–Kier alpha value is -4.02. The van der Waals surface area contributed by atoms with Crippen LogP contribution >= 0.6 is 0 Å². The third kappa shape index (κ3) is 4.29. The Labute approximate surface area is 163 Å². The van der Waals surface area contributed by atoms with E-state index in [-0.39, 0.29) is 23.8 Å². The lowest BCUT2D eigenvalue weighted by Crippen LogP contribution is -2.31. The summed E-state index contributed by atoms with van der Waals surface area (Å²) in [5.74, 6) is -1.23. The first-order valence-corrected chi connectivity index (χ1v) is 8.48. The second-order valence-electron chi connectivity index (χ2n) is 6.32. The molecule has 0 aromatic heterocycles. The average Bonchev–Trinajstić information content (AvgIpc) is 3.15. The van der Waals surface area contributed by atoms with Gasteiger partial charge in [-0.2, -0.15) is 0 Å². The molecule has 0 saturated carbocycles. The summed E-state index contributed by atoms with van der Waals surface area (Å²) in [5.41, 5.74) is -1.21. The van der Waals surface area contributed by atoms with Gasteiger partial charge < -0.3 is 14.7 Å². The predicted octanol–water partition coefficient (Wildman–Crippen LogP) is 2.49. The highest BCUT2D eigenvalue weighted by Gasteiger charge is 2.32. The summed E-state index contributed by atoms with van der Waals surface area (Å²) in [4.78, 5) is 45.4. The lowest BCUT2D eigenvalue weighted by atomic mass is 10.1. The zero-order chi connectivity index (χ0) is 21.1. The van der Waals surface area contributed by atoms with Gasteiger partial charge in [0, 0.05) is 19.0 Å². The molecule has 3 rings (SSSR count). The first kappa shape index (κ1) is 19.7. The molecule has 11 nitrogen and oxygen atoms in total. The van der Waals surface area contributed by atoms with Crippen LogP contribution in [-0.4, -0.2) is 50.9 Å². The quantitative estimate of drug-likeness (QED) is 0.572. The molecule has 1 fully saturated rings. The number of ether oxygens (including phenoxy) is 1. The van der Waals surface area contributed by atoms with Crippen molar-refractivity contribution in [2.45, 2.75) is 12.5 Å². The minimum absolute atomic E-state index is 0.117. The van der Waals surface area contributed by atoms with Gasteiger partial charge in [-0.1, -0.05) is 0 Å². The molecule has 0 aliphatic carbocycles. The van der Waals surface area contributed by atoms with Crippen molar-refractivity contribution in [2.75, 3.05) is 13.1 Å². The number of nitrogens with zero attached hydrogens (tertiary/aromatic N) is 3. The Morgan fingerprint density at radius 1 is 1.07 bits per heavy atom. The molecule has 2 aromatic rings. The van der Waals surface area contributed by atoms with Gasteiger partial charge in [0.05, 0.1) is 28.0 Å². The normalized spacial score (nSPS) is 15.7. The lowest BCUT2D eigenvalue weighted by molar-refractivity contribution is -0.394. The van der Waals surface area contributed by atoms with E-state index in [0.29, 0.717) is 18.7 Å². The number of non-ortho nitro benzene ring substituents is 1. The minimum atomic E-state index is -1.06. The van der Waals surface area contributed by atoms with Crippen LogP contribution < -0.4 is 4.74 Å². The Morgan fingerprint density at radius 2 is 1.76 bits per heavy atom. The number of aromatic carboxylic acids is 1. The van der Waals surface area contributed by atoms with Crippen molar-refractivity contribution in [3.8, 4) is 5.75 Å². The van der Waals surface area contributed by atoms with Crippen LogP contribution in [0.1, 0.15) is 27.1 Å². The molecular weight excluding hydrogens is 386 g/mol. The van der Waals surface area contributed by atoms with E-state index in [1.54, 1.807) is 0 Å². The summed E-state index contributed by atoms with van der Waals surface area (Å²) < 4.78 is 5.74. The Bertz CT molecular complexity index is 989. The van der Waals surface area contributed by atoms with Crippen LogP contribution in [0, 0.1) is 20.2 Å². The number of carboxylic acid groups (broad SMARTS) is 1. The molecule has 1 aliphatic heterocycles. The molecule has 1 N–H and O–H groups in total. The van der Waals surface area contributed by atoms with E-state index in [4.69, 9.17) is 9.84 Å². The van der Waals surface area contributed by atoms with Crippen LogP contribution in [-0.2, 0) is 0 Å². The SMILES string of the molecule is O=C(O)c1ccc(O[C@H]2CCN(C(=O)c3ccc([N+](=O)[O-])cc3[N+](=O)[O-])C2)cc1. The standard InChI is InChI=1S/C18H15N3O8/c22-17(15-6-3-12(20(25)26)9-16(15)21(27)28)19-8-7-14(10-19)29-13-4-1-11(2-5-13)18(23)24/h1-6,9,14H,7-8,10H2,(H,23,24)/t14-/m0/s1. The topological polar surface area (TPSA) is 153 Å². The molecule has 1 amide bonds. The largest absolute Gasteiger partial charge is 0.489 e. The summed E-state index contributed by atoms with van der Waals surface area (Å²) in [6, 6.07) is 8.71. The Morgan fingerprint density at radius 3 is 2.34 bits per heavy atom. The number of carbonyl (C=O) groups is 2. The molecule has 0 bridgehead atoms. The van der Waals surface area contributed by atoms with Crippen LogP contribution in [0.3, 0.4) is 0 Å². The van der Waals surface area contributed by atoms with E-state index in [0.717, 1.165) is 18.2 Å². The van der Waals surface area contributed by atoms with E-state index in [2.05, 4.69) is 0 Å². The fourth-order valence-corrected chi connectivity index (χ4v) is 3.01. The highest BCUT2D eigenvalue weighted by molar-refractivity contribution is 5.98. The third-order valence-corrected chi connectivity index (χ3v) is 4.46. The molecule has 0 radical (unpaired) electrons. The number of hydrogen-bond donors (Lipinski definition) is 1. The molecule has 1 atom stereocenters. The number of carbonyl (C=O) groups excluding carboxylic acids is 1. The number of hydrogen-bond acceptors (Lipinski definition) is 7. The molecule has 1 saturated heterocycles. The van der Waals surface area contributed by atoms with Crippen LogP contribution in [0.5, 0.6) is 5.75 Å². The molecule has 11 heteroatoms. The van der Waals surface area contributed by atoms with E-state index in [1.165, 1.54) is 29.2 Å². The van der Waals surface area contributed by atoms with Crippen molar-refractivity contribution in [2.24, 2.45) is 0 Å². The van der Waals surface area contributed by atoms with Gasteiger partial charge in [-0.15, -0.1) is 0 Å². The number of likely N-dealkylation sites (tertiary alicyclic amines) is 1. The van der Waals surface area contributed by atoms with Gasteiger partial charge in [-0.05, 0) is 30.3 Å². The van der Waals surface area contributed by atoms with E-state index >= 15 is 0 Å². The van der Waals surface area contributed by atoms with E-state index < -0.39 is 33.1 Å². The van der Waals surface area contributed by atoms with Gasteiger partial charge in [-0.25, -0.2) is 4.79 Å². The number of amides is 1. The van der Waals surface area contributed by atoms with Crippen molar-refractivity contribution in [3.05, 3.63) is 73.8 Å². The highest BCUT2D eigenvalue weighted by atomic mass is 16.6. The predicted molar refractivity (Wildman–Crippen MR) is 98.1 cm³/mol. The van der Waals surface area contributed by atoms with Crippen LogP contribution in [0.2, 0.25) is 0 Å². The average molecular weight is 401 g/mol. The second kappa shape index (κ2) is 7.92. The molecule has 29 heavy (non-hydrogen) atoms. The van der Waals surface area contributed by atoms with Gasteiger partial charge in [0.25, 0.3) is 17.3 Å². The molecular formula is C18H15N3O8. The van der Waals surface area contributed by atoms with Crippen molar-refractivity contribution in [1.29, 1.82) is 0 Å². The number of benzene rings is 2. The van der Waals surface area contributed by atoms with Crippen molar-refractivity contribution < 1.29 is 29.3 Å². The highest BCUT2D eigenvalue weighted by Crippen LogP contribution is 2.27. The third-order valence-electron chi connectivity index (χ3n) is 4.46. The van der Waals surface area contributed by atoms with Crippen LogP contribution in [0.15, 0.2) is 42.5 Å². The van der Waals surface area contributed by atoms with Gasteiger partial charge in [0.1, 0.15) is 17.4 Å². The summed E-state index contributed by atoms with van der Waals surface area (Å²) in [5, 5.41) is 31.0. The monoisotopic (exact) mass is 401 g/mol. The van der Waals surface area contributed by atoms with Crippen LogP contribution in [0.25, 0.3) is 0 Å². The minimum Gasteiger partial charge on any atom is -0.489 e. The molecule has 2 aromatic carbocycles. The smallest absolute Gasteiger partial charge is 0.335 e. The molecule has 1 heterocycles. The van der Waals surface area contributed by atoms with Crippen molar-refractivity contribution in [1.82, 2.24) is 4.90 Å². The first-order valence-electron chi connectivity index (χ1n) is 8.48. The molecule has 1 aliphatic rings. The summed E-state index contributed by atoms with van der Waals surface area (Å²) in [7, 11) is 0. The maximum atomic E-state index is 12.7. The maximum absolute atomic E-state index is 12.7. The number of carboxylic acids is 1. The lowest BCUT2D eigenvalue weighted by Gasteiger charge is -2.17. The Balaban J connectivity index is 1.71. The molecule has 0 unspecified atom stereocenters. The summed E-state index contributed by atoms with van der Waals surface area (Å²) >= 11 is 0. The Kier molecular flexibility index (Phi) is 5.39. The van der Waals surface area contributed by atoms with Gasteiger partial charge in [0.15, 0.2) is 0 Å². The van der Waals surface area contributed by atoms with E-state index in [9.17, 15) is 29.8 Å². The summed E-state index contributed by atoms with van der Waals surface area (Å²) in [6.07, 6.45) is 0.111. The number of nitro groups is 2. The number of nitro benzene ring substituents is 2. The zero-order valence-electron chi connectivity index (χ0n) is 14.9. The van der Waals surface area contributed by atoms with Gasteiger partial charge >= 0.3 is 5.97 Å². The van der Waals surface area contributed by atoms with Gasteiger partial charge in [0.2, 0.25) is 0 Å². The van der Waals surface area contributed by atoms with Crippen molar-refractivity contribution >= 4 is 23.3 Å². The first-order chi connectivity index (χ1) is 13.8. The van der Waals surface area contributed by atoms with E-state index in [1.807, 2.05) is 0 Å². The second-order valence-corrected chi connectivity index (χ2v) is 6.32. The number of rotatable bonds is 6. The fourth-order valence-electron chi connectivity index (χ4n) is 3.01. The summed E-state index contributed by atoms with van der Waals surface area (Å²) in [6.45, 7) is 0.471. The molecule has 0 spiro atoms. The fraction of sp³-hybridized carbons (Fsp3) is 0.222. The molecule has 150 valence electrons. The van der Waals surface area contributed by atoms with Gasteiger partial charge in [-0.3, -0.25) is 25.0 Å². The van der Waals surface area contributed by atoms with Crippen molar-refractivity contribution in [3.63, 3.8) is 0 Å².